The number of anilines is 1. The van der Waals surface area contributed by atoms with Crippen LogP contribution in [0.3, 0.4) is 0 Å². The fourth-order valence-corrected chi connectivity index (χ4v) is 2.49. The third-order valence-electron chi connectivity index (χ3n) is 3.55. The van der Waals surface area contributed by atoms with E-state index in [1.165, 1.54) is 0 Å². The van der Waals surface area contributed by atoms with Crippen LogP contribution in [0.1, 0.15) is 18.2 Å². The van der Waals surface area contributed by atoms with Gasteiger partial charge in [-0.1, -0.05) is 54.6 Å². The molecular formula is C19H23N3O. The van der Waals surface area contributed by atoms with Crippen LogP contribution in [0.5, 0.6) is 0 Å². The van der Waals surface area contributed by atoms with Gasteiger partial charge >= 0.3 is 0 Å². The van der Waals surface area contributed by atoms with E-state index >= 15 is 0 Å². The van der Waals surface area contributed by atoms with E-state index in [1.54, 1.807) is 0 Å². The molecule has 0 bridgehead atoms. The first-order valence-electron chi connectivity index (χ1n) is 7.71. The normalized spacial score (nSPS) is 11.7. The number of primary amides is 1. The van der Waals surface area contributed by atoms with Gasteiger partial charge in [-0.3, -0.25) is 10.1 Å². The number of hydrogen-bond donors (Lipinski definition) is 2. The van der Waals surface area contributed by atoms with Gasteiger partial charge in [-0.05, 0) is 17.7 Å². The molecule has 0 fully saturated rings. The zero-order valence-corrected chi connectivity index (χ0v) is 13.2. The average Bonchev–Trinajstić information content (AvgIpc) is 2.58. The standard InChI is InChI=1S/C19H23N3O/c1-2-15-22(17-11-7-4-8-12-17)19(21-14-13-18(20)23)16-9-5-3-6-10-16/h2-12,19,21H,1,13-15H2,(H2,20,23). The summed E-state index contributed by atoms with van der Waals surface area (Å²) in [5, 5.41) is 3.43. The molecule has 0 aliphatic rings. The average molecular weight is 309 g/mol. The van der Waals surface area contributed by atoms with E-state index in [1.807, 2.05) is 42.5 Å². The molecule has 2 aromatic carbocycles. The van der Waals surface area contributed by atoms with Crippen LogP contribution in [0.2, 0.25) is 0 Å². The summed E-state index contributed by atoms with van der Waals surface area (Å²) in [5.74, 6) is -0.306. The van der Waals surface area contributed by atoms with Crippen molar-refractivity contribution in [2.24, 2.45) is 5.73 Å². The number of carbonyl (C=O) groups excluding carboxylic acids is 1. The fourth-order valence-electron chi connectivity index (χ4n) is 2.49. The molecule has 4 heteroatoms. The first-order chi connectivity index (χ1) is 11.2. The Morgan fingerprint density at radius 2 is 1.74 bits per heavy atom. The van der Waals surface area contributed by atoms with Crippen molar-refractivity contribution in [2.45, 2.75) is 12.6 Å². The molecule has 0 spiro atoms. The highest BCUT2D eigenvalue weighted by molar-refractivity contribution is 5.73. The van der Waals surface area contributed by atoms with E-state index in [0.717, 1.165) is 11.3 Å². The summed E-state index contributed by atoms with van der Waals surface area (Å²) < 4.78 is 0. The van der Waals surface area contributed by atoms with Crippen molar-refractivity contribution in [1.29, 1.82) is 0 Å². The van der Waals surface area contributed by atoms with Gasteiger partial charge < -0.3 is 10.6 Å². The van der Waals surface area contributed by atoms with Crippen LogP contribution in [-0.4, -0.2) is 19.0 Å². The van der Waals surface area contributed by atoms with Crippen molar-refractivity contribution in [3.63, 3.8) is 0 Å². The maximum atomic E-state index is 11.0. The first kappa shape index (κ1) is 16.8. The van der Waals surface area contributed by atoms with Crippen molar-refractivity contribution < 1.29 is 4.79 Å². The fraction of sp³-hybridized carbons (Fsp3) is 0.211. The van der Waals surface area contributed by atoms with Gasteiger partial charge in [0.1, 0.15) is 6.17 Å². The quantitative estimate of drug-likeness (QED) is 0.553. The molecule has 120 valence electrons. The van der Waals surface area contributed by atoms with Crippen molar-refractivity contribution in [3.05, 3.63) is 78.9 Å². The molecule has 3 N–H and O–H groups in total. The van der Waals surface area contributed by atoms with Gasteiger partial charge in [-0.15, -0.1) is 6.58 Å². The Morgan fingerprint density at radius 3 is 2.30 bits per heavy atom. The molecule has 2 rings (SSSR count). The molecule has 0 aliphatic carbocycles. The number of amides is 1. The molecule has 23 heavy (non-hydrogen) atoms. The SMILES string of the molecule is C=CCN(c1ccccc1)C(NCCC(N)=O)c1ccccc1. The molecule has 0 saturated carbocycles. The van der Waals surface area contributed by atoms with Crippen LogP contribution in [0, 0.1) is 0 Å². The van der Waals surface area contributed by atoms with Gasteiger partial charge in [0.2, 0.25) is 5.91 Å². The molecule has 1 unspecified atom stereocenters. The lowest BCUT2D eigenvalue weighted by Crippen LogP contribution is -2.40. The number of carbonyl (C=O) groups is 1. The zero-order chi connectivity index (χ0) is 16.5. The second kappa shape index (κ2) is 8.76. The Morgan fingerprint density at radius 1 is 1.13 bits per heavy atom. The van der Waals surface area contributed by atoms with Gasteiger partial charge in [0, 0.05) is 25.2 Å². The van der Waals surface area contributed by atoms with Crippen LogP contribution < -0.4 is 16.0 Å². The van der Waals surface area contributed by atoms with Crippen LogP contribution in [0.25, 0.3) is 0 Å². The lowest BCUT2D eigenvalue weighted by molar-refractivity contribution is -0.117. The van der Waals surface area contributed by atoms with E-state index < -0.39 is 0 Å². The highest BCUT2D eigenvalue weighted by Gasteiger charge is 2.19. The maximum absolute atomic E-state index is 11.0. The van der Waals surface area contributed by atoms with Crippen molar-refractivity contribution in [3.8, 4) is 0 Å². The molecule has 1 amide bonds. The summed E-state index contributed by atoms with van der Waals surface area (Å²) in [7, 11) is 0. The summed E-state index contributed by atoms with van der Waals surface area (Å²) >= 11 is 0. The summed E-state index contributed by atoms with van der Waals surface area (Å²) in [4.78, 5) is 13.2. The summed E-state index contributed by atoms with van der Waals surface area (Å²) in [6.07, 6.45) is 2.12. The molecule has 0 heterocycles. The van der Waals surface area contributed by atoms with Gasteiger partial charge in [0.05, 0.1) is 0 Å². The third kappa shape index (κ3) is 4.97. The Kier molecular flexibility index (Phi) is 6.39. The minimum absolute atomic E-state index is 0.0593. The number of rotatable bonds is 9. The van der Waals surface area contributed by atoms with E-state index in [0.29, 0.717) is 19.5 Å². The number of benzene rings is 2. The van der Waals surface area contributed by atoms with Crippen LogP contribution >= 0.6 is 0 Å². The smallest absolute Gasteiger partial charge is 0.218 e. The number of nitrogens with one attached hydrogen (secondary N) is 1. The summed E-state index contributed by atoms with van der Waals surface area (Å²) in [6.45, 7) is 5.08. The molecular weight excluding hydrogens is 286 g/mol. The number of nitrogens with two attached hydrogens (primary N) is 1. The summed E-state index contributed by atoms with van der Waals surface area (Å²) in [6, 6.07) is 20.3. The second-order valence-corrected chi connectivity index (χ2v) is 5.26. The van der Waals surface area contributed by atoms with Crippen LogP contribution in [0.15, 0.2) is 73.3 Å². The predicted octanol–water partition coefficient (Wildman–Crippen LogP) is 2.84. The van der Waals surface area contributed by atoms with E-state index in [-0.39, 0.29) is 12.1 Å². The van der Waals surface area contributed by atoms with E-state index in [9.17, 15) is 4.79 Å². The Hall–Kier alpha value is -2.59. The Labute approximate surface area is 137 Å². The number of para-hydroxylation sites is 1. The van der Waals surface area contributed by atoms with Gasteiger partial charge in [0.15, 0.2) is 0 Å². The highest BCUT2D eigenvalue weighted by atomic mass is 16.1. The topological polar surface area (TPSA) is 58.4 Å². The highest BCUT2D eigenvalue weighted by Crippen LogP contribution is 2.25. The maximum Gasteiger partial charge on any atom is 0.218 e. The summed E-state index contributed by atoms with van der Waals surface area (Å²) in [5.41, 5.74) is 7.47. The third-order valence-corrected chi connectivity index (χ3v) is 3.55. The largest absolute Gasteiger partial charge is 0.370 e. The van der Waals surface area contributed by atoms with Gasteiger partial charge in [-0.25, -0.2) is 0 Å². The van der Waals surface area contributed by atoms with E-state index in [2.05, 4.69) is 41.1 Å². The minimum atomic E-state index is -0.306. The van der Waals surface area contributed by atoms with Crippen LogP contribution in [-0.2, 0) is 4.79 Å². The van der Waals surface area contributed by atoms with Gasteiger partial charge in [0.25, 0.3) is 0 Å². The number of nitrogens with zero attached hydrogens (tertiary/aromatic N) is 1. The minimum Gasteiger partial charge on any atom is -0.370 e. The second-order valence-electron chi connectivity index (χ2n) is 5.26. The van der Waals surface area contributed by atoms with Crippen molar-refractivity contribution in [1.82, 2.24) is 5.32 Å². The molecule has 0 radical (unpaired) electrons. The Bertz CT molecular complexity index is 613. The lowest BCUT2D eigenvalue weighted by atomic mass is 10.1. The van der Waals surface area contributed by atoms with Gasteiger partial charge in [-0.2, -0.15) is 0 Å². The molecule has 0 aromatic heterocycles. The molecule has 4 nitrogen and oxygen atoms in total. The van der Waals surface area contributed by atoms with Crippen LogP contribution in [0.4, 0.5) is 5.69 Å². The molecule has 2 aromatic rings. The predicted molar refractivity (Wildman–Crippen MR) is 95.0 cm³/mol. The molecule has 0 saturated heterocycles. The monoisotopic (exact) mass is 309 g/mol. The van der Waals surface area contributed by atoms with Crippen molar-refractivity contribution in [2.75, 3.05) is 18.0 Å². The number of hydrogen-bond acceptors (Lipinski definition) is 3. The first-order valence-corrected chi connectivity index (χ1v) is 7.71. The Balaban J connectivity index is 2.28. The zero-order valence-electron chi connectivity index (χ0n) is 13.2. The molecule has 1 atom stereocenters. The lowest BCUT2D eigenvalue weighted by Gasteiger charge is -2.34. The molecule has 0 aliphatic heterocycles. The van der Waals surface area contributed by atoms with Crippen molar-refractivity contribution >= 4 is 11.6 Å². The van der Waals surface area contributed by atoms with E-state index in [4.69, 9.17) is 5.73 Å².